The first-order chi connectivity index (χ1) is 23.2. The van der Waals surface area contributed by atoms with Gasteiger partial charge in [0.05, 0.1) is 19.2 Å². The molecule has 3 aliphatic heterocycles. The minimum Gasteiger partial charge on any atom is -0.485 e. The molecule has 2 saturated heterocycles. The normalized spacial score (nSPS) is 20.3. The smallest absolute Gasteiger partial charge is 0.451 e. The number of imidazole rings is 1. The first kappa shape index (κ1) is 31.0. The summed E-state index contributed by atoms with van der Waals surface area (Å²) in [5.41, 5.74) is 2.52. The minimum atomic E-state index is -4.66. The number of fused-ring (bicyclic) bond motifs is 2. The number of benzene rings is 2. The van der Waals surface area contributed by atoms with Crippen LogP contribution in [0, 0.1) is 5.82 Å². The van der Waals surface area contributed by atoms with Gasteiger partial charge in [0.1, 0.15) is 29.5 Å². The zero-order valence-electron chi connectivity index (χ0n) is 25.4. The van der Waals surface area contributed by atoms with Crippen LogP contribution >= 0.6 is 11.6 Å². The van der Waals surface area contributed by atoms with Crippen LogP contribution in [0.1, 0.15) is 54.1 Å². The molecule has 0 amide bonds. The van der Waals surface area contributed by atoms with Gasteiger partial charge in [-0.25, -0.2) is 14.4 Å². The summed E-state index contributed by atoms with van der Waals surface area (Å²) in [6.07, 6.45) is -2.63. The maximum atomic E-state index is 14.7. The van der Waals surface area contributed by atoms with Crippen molar-refractivity contribution in [2.45, 2.75) is 56.7 Å². The number of aromatic amines is 1. The molecule has 0 bridgehead atoms. The van der Waals surface area contributed by atoms with Gasteiger partial charge in [-0.2, -0.15) is 18.3 Å². The molecule has 1 N–H and O–H groups in total. The zero-order valence-corrected chi connectivity index (χ0v) is 26.1. The van der Waals surface area contributed by atoms with Gasteiger partial charge in [-0.1, -0.05) is 29.8 Å². The lowest BCUT2D eigenvalue weighted by Gasteiger charge is -2.35. The van der Waals surface area contributed by atoms with Crippen molar-refractivity contribution >= 4 is 22.8 Å². The van der Waals surface area contributed by atoms with E-state index in [0.717, 1.165) is 43.7 Å². The van der Waals surface area contributed by atoms with E-state index in [2.05, 4.69) is 25.2 Å². The van der Waals surface area contributed by atoms with Crippen LogP contribution < -0.4 is 9.47 Å². The Bertz CT molecular complexity index is 1970. The van der Waals surface area contributed by atoms with Crippen molar-refractivity contribution in [3.8, 4) is 23.0 Å². The molecule has 0 saturated carbocycles. The average Bonchev–Trinajstić information content (AvgIpc) is 3.68. The molecule has 0 spiro atoms. The second-order valence-electron chi connectivity index (χ2n) is 12.2. The van der Waals surface area contributed by atoms with E-state index in [1.54, 1.807) is 18.2 Å². The van der Waals surface area contributed by atoms with E-state index in [1.165, 1.54) is 6.07 Å². The Balaban J connectivity index is 0.996. The second kappa shape index (κ2) is 12.3. The Morgan fingerprint density at radius 3 is 2.56 bits per heavy atom. The van der Waals surface area contributed by atoms with E-state index in [4.69, 9.17) is 30.8 Å². The van der Waals surface area contributed by atoms with Crippen molar-refractivity contribution in [3.63, 3.8) is 0 Å². The molecule has 2 atom stereocenters. The third-order valence-corrected chi connectivity index (χ3v) is 9.33. The van der Waals surface area contributed by atoms with Crippen LogP contribution in [0.4, 0.5) is 17.6 Å². The quantitative estimate of drug-likeness (QED) is 0.203. The number of H-pyrrole nitrogens is 1. The van der Waals surface area contributed by atoms with Crippen molar-refractivity contribution in [2.75, 3.05) is 26.3 Å². The molecule has 11 nitrogen and oxygen atoms in total. The fraction of sp³-hybridized carbons (Fsp3) is 0.406. The Hall–Kier alpha value is -4.34. The molecular weight excluding hydrogens is 656 g/mol. The predicted octanol–water partition coefficient (Wildman–Crippen LogP) is 6.10. The summed E-state index contributed by atoms with van der Waals surface area (Å²) < 4.78 is 74.0. The lowest BCUT2D eigenvalue weighted by Crippen LogP contribution is -2.35. The van der Waals surface area contributed by atoms with Gasteiger partial charge in [0.25, 0.3) is 0 Å². The lowest BCUT2D eigenvalue weighted by atomic mass is 9.88. The molecule has 0 unspecified atom stereocenters. The van der Waals surface area contributed by atoms with Crippen molar-refractivity contribution < 1.29 is 31.8 Å². The number of nitrogens with one attached hydrogen (secondary N) is 1. The molecule has 0 radical (unpaired) electrons. The highest BCUT2D eigenvalue weighted by atomic mass is 35.5. The van der Waals surface area contributed by atoms with Crippen LogP contribution in [0.25, 0.3) is 22.7 Å². The maximum absolute atomic E-state index is 14.7. The largest absolute Gasteiger partial charge is 0.485 e. The number of nitrogens with zero attached hydrogens (tertiary/aromatic N) is 7. The third-order valence-electron chi connectivity index (χ3n) is 9.10. The summed E-state index contributed by atoms with van der Waals surface area (Å²) in [5.74, 6) is 0.404. The SMILES string of the molecule is Fc1cc(Cl)ccc1[C@H]1COc2cccc(C3CCN(Cc4nc5cc(-c6n[nH]c(C(F)(F)F)n6)nnc5n4C[C@@H]4CCO4)CC3)c2O1. The molecular formula is C32H29ClF4N8O3. The summed E-state index contributed by atoms with van der Waals surface area (Å²) in [5, 5.41) is 14.4. The Labute approximate surface area is 276 Å². The number of ether oxygens (including phenoxy) is 3. The van der Waals surface area contributed by atoms with Crippen molar-refractivity contribution in [3.05, 3.63) is 76.1 Å². The summed E-state index contributed by atoms with van der Waals surface area (Å²) in [4.78, 5) is 10.7. The fourth-order valence-corrected chi connectivity index (χ4v) is 6.64. The lowest BCUT2D eigenvalue weighted by molar-refractivity contribution is -0.144. The molecule has 5 aromatic rings. The van der Waals surface area contributed by atoms with Crippen molar-refractivity contribution in [2.24, 2.45) is 0 Å². The van der Waals surface area contributed by atoms with E-state index in [1.807, 2.05) is 27.9 Å². The van der Waals surface area contributed by atoms with Gasteiger partial charge in [-0.05, 0) is 62.5 Å². The molecule has 8 rings (SSSR count). The van der Waals surface area contributed by atoms with Gasteiger partial charge in [0, 0.05) is 22.8 Å². The highest BCUT2D eigenvalue weighted by molar-refractivity contribution is 6.30. The zero-order chi connectivity index (χ0) is 33.0. The summed E-state index contributed by atoms with van der Waals surface area (Å²) >= 11 is 5.96. The van der Waals surface area contributed by atoms with Crippen molar-refractivity contribution in [1.29, 1.82) is 0 Å². The number of hydrogen-bond acceptors (Lipinski definition) is 9. The Morgan fingerprint density at radius 2 is 1.83 bits per heavy atom. The molecule has 6 heterocycles. The maximum Gasteiger partial charge on any atom is 0.451 e. The third kappa shape index (κ3) is 5.94. The number of hydrogen-bond donors (Lipinski definition) is 1. The first-order valence-corrected chi connectivity index (χ1v) is 16.0. The topological polar surface area (TPSA) is 116 Å². The molecule has 3 aromatic heterocycles. The van der Waals surface area contributed by atoms with Crippen LogP contribution in [0.2, 0.25) is 5.02 Å². The van der Waals surface area contributed by atoms with Crippen LogP contribution in [-0.2, 0) is 24.0 Å². The van der Waals surface area contributed by atoms with Gasteiger partial charge in [0.2, 0.25) is 11.6 Å². The summed E-state index contributed by atoms with van der Waals surface area (Å²) in [6, 6.07) is 12.0. The van der Waals surface area contributed by atoms with E-state index in [0.29, 0.717) is 52.9 Å². The van der Waals surface area contributed by atoms with Crippen molar-refractivity contribution in [1.82, 2.24) is 39.8 Å². The van der Waals surface area contributed by atoms with Crippen LogP contribution in [-0.4, -0.2) is 72.2 Å². The summed E-state index contributed by atoms with van der Waals surface area (Å²) in [7, 11) is 0. The minimum absolute atomic E-state index is 0.0207. The molecule has 3 aliphatic rings. The number of rotatable bonds is 7. The Morgan fingerprint density at radius 1 is 1.00 bits per heavy atom. The molecule has 0 aliphatic carbocycles. The molecule has 250 valence electrons. The van der Waals surface area contributed by atoms with Gasteiger partial charge in [0.15, 0.2) is 23.3 Å². The van der Waals surface area contributed by atoms with Gasteiger partial charge < -0.3 is 18.8 Å². The van der Waals surface area contributed by atoms with Crippen LogP contribution in [0.15, 0.2) is 42.5 Å². The van der Waals surface area contributed by atoms with E-state index >= 15 is 0 Å². The number of piperidine rings is 1. The average molecular weight is 685 g/mol. The standard InChI is InChI=1S/C32H29ClF4N8O3/c33-18-4-5-21(22(34)12-18)26-16-47-25-3-1-2-20(28(25)48-26)17-6-9-44(10-7-17)15-27-38-24-13-23(29-39-31(43-41-29)32(35,36)37)40-42-30(24)45(27)14-19-8-11-46-19/h1-5,12-13,17,19,26H,6-11,14-16H2,(H,39,41,43)/t19-,26+/m0/s1. The summed E-state index contributed by atoms with van der Waals surface area (Å²) in [6.45, 7) is 3.52. The number of alkyl halides is 3. The number of aromatic nitrogens is 7. The van der Waals surface area contributed by atoms with E-state index in [-0.39, 0.29) is 30.1 Å². The van der Waals surface area contributed by atoms with Gasteiger partial charge in [-0.3, -0.25) is 10.00 Å². The molecule has 48 heavy (non-hydrogen) atoms. The van der Waals surface area contributed by atoms with Crippen LogP contribution in [0.3, 0.4) is 0 Å². The highest BCUT2D eigenvalue weighted by Crippen LogP contribution is 2.45. The second-order valence-corrected chi connectivity index (χ2v) is 12.6. The van der Waals surface area contributed by atoms with Crippen LogP contribution in [0.5, 0.6) is 11.5 Å². The molecule has 16 heteroatoms. The monoisotopic (exact) mass is 684 g/mol. The van der Waals surface area contributed by atoms with Gasteiger partial charge in [-0.15, -0.1) is 10.2 Å². The number of para-hydroxylation sites is 1. The molecule has 2 fully saturated rings. The molecule has 2 aromatic carbocycles. The van der Waals surface area contributed by atoms with E-state index < -0.39 is 23.9 Å². The first-order valence-electron chi connectivity index (χ1n) is 15.6. The van der Waals surface area contributed by atoms with E-state index in [9.17, 15) is 17.6 Å². The fourth-order valence-electron chi connectivity index (χ4n) is 6.48. The number of likely N-dealkylation sites (tertiary alicyclic amines) is 1. The predicted molar refractivity (Wildman–Crippen MR) is 164 cm³/mol. The Kier molecular flexibility index (Phi) is 7.92. The van der Waals surface area contributed by atoms with Gasteiger partial charge >= 0.3 is 6.18 Å². The number of halogens is 5. The highest BCUT2D eigenvalue weighted by Gasteiger charge is 2.36.